The van der Waals surface area contributed by atoms with Gasteiger partial charge in [0, 0.05) is 18.8 Å². The van der Waals surface area contributed by atoms with Crippen molar-refractivity contribution in [2.45, 2.75) is 26.0 Å². The molecule has 1 fully saturated rings. The Kier molecular flexibility index (Phi) is 5.52. The Morgan fingerprint density at radius 3 is 2.65 bits per heavy atom. The summed E-state index contributed by atoms with van der Waals surface area (Å²) in [6.45, 7) is 4.58. The molecule has 1 amide bonds. The maximum atomic E-state index is 12.5. The minimum atomic E-state index is -0.496. The summed E-state index contributed by atoms with van der Waals surface area (Å²) < 4.78 is 10.8. The Labute approximate surface area is 119 Å². The molecule has 5 heteroatoms. The van der Waals surface area contributed by atoms with Crippen molar-refractivity contribution >= 4 is 11.6 Å². The first kappa shape index (κ1) is 15.0. The van der Waals surface area contributed by atoms with Crippen LogP contribution in [-0.2, 0) is 20.8 Å². The average molecular weight is 278 g/mol. The van der Waals surface area contributed by atoms with Crippen molar-refractivity contribution in [3.05, 3.63) is 29.8 Å². The first-order chi connectivity index (χ1) is 9.76. The van der Waals surface area contributed by atoms with Crippen molar-refractivity contribution in [3.8, 4) is 0 Å². The first-order valence-corrected chi connectivity index (χ1v) is 7.06. The molecule has 0 aliphatic carbocycles. The molecule has 0 bridgehead atoms. The number of nitrogens with zero attached hydrogens (tertiary/aromatic N) is 1. The van der Waals surface area contributed by atoms with E-state index in [1.54, 1.807) is 4.90 Å². The number of hydrogen-bond donors (Lipinski definition) is 1. The van der Waals surface area contributed by atoms with E-state index in [9.17, 15) is 4.79 Å². The van der Waals surface area contributed by atoms with Crippen molar-refractivity contribution in [2.24, 2.45) is 5.73 Å². The van der Waals surface area contributed by atoms with Gasteiger partial charge in [-0.05, 0) is 24.1 Å². The van der Waals surface area contributed by atoms with Gasteiger partial charge in [0.1, 0.15) is 0 Å². The molecule has 1 saturated heterocycles. The van der Waals surface area contributed by atoms with Crippen LogP contribution in [0.15, 0.2) is 24.3 Å². The standard InChI is InChI=1S/C15H22N2O3/c1-2-7-17(13-5-3-12(10-16)4-6-13)15(18)14-11-19-8-9-20-14/h3-6,14H,2,7-11,16H2,1H3. The third-order valence-electron chi connectivity index (χ3n) is 3.29. The lowest BCUT2D eigenvalue weighted by Crippen LogP contribution is -2.45. The number of hydrogen-bond acceptors (Lipinski definition) is 4. The molecule has 20 heavy (non-hydrogen) atoms. The molecule has 0 spiro atoms. The molecule has 0 saturated carbocycles. The Bertz CT molecular complexity index is 427. The number of carbonyl (C=O) groups excluding carboxylic acids is 1. The van der Waals surface area contributed by atoms with Gasteiger partial charge in [-0.2, -0.15) is 0 Å². The van der Waals surface area contributed by atoms with Gasteiger partial charge in [0.05, 0.1) is 19.8 Å². The van der Waals surface area contributed by atoms with Crippen LogP contribution >= 0.6 is 0 Å². The Hall–Kier alpha value is -1.43. The molecule has 2 rings (SSSR count). The maximum absolute atomic E-state index is 12.5. The predicted molar refractivity (Wildman–Crippen MR) is 77.5 cm³/mol. The van der Waals surface area contributed by atoms with Crippen LogP contribution < -0.4 is 10.6 Å². The van der Waals surface area contributed by atoms with Gasteiger partial charge in [0.15, 0.2) is 6.10 Å². The van der Waals surface area contributed by atoms with Gasteiger partial charge in [-0.15, -0.1) is 0 Å². The van der Waals surface area contributed by atoms with Crippen LogP contribution in [0.2, 0.25) is 0 Å². The summed E-state index contributed by atoms with van der Waals surface area (Å²) in [5, 5.41) is 0. The van der Waals surface area contributed by atoms with Gasteiger partial charge in [-0.1, -0.05) is 19.1 Å². The zero-order chi connectivity index (χ0) is 14.4. The first-order valence-electron chi connectivity index (χ1n) is 7.06. The quantitative estimate of drug-likeness (QED) is 0.882. The van der Waals surface area contributed by atoms with E-state index in [-0.39, 0.29) is 5.91 Å². The molecule has 1 aromatic carbocycles. The number of carbonyl (C=O) groups is 1. The van der Waals surface area contributed by atoms with E-state index in [0.29, 0.717) is 32.9 Å². The second-order valence-electron chi connectivity index (χ2n) is 4.79. The van der Waals surface area contributed by atoms with Gasteiger partial charge in [-0.25, -0.2) is 0 Å². The molecule has 1 aromatic rings. The van der Waals surface area contributed by atoms with Crippen LogP contribution in [0.4, 0.5) is 5.69 Å². The molecule has 1 aliphatic rings. The van der Waals surface area contributed by atoms with Crippen molar-refractivity contribution < 1.29 is 14.3 Å². The lowest BCUT2D eigenvalue weighted by Gasteiger charge is -2.29. The smallest absolute Gasteiger partial charge is 0.258 e. The van der Waals surface area contributed by atoms with Crippen LogP contribution in [0.1, 0.15) is 18.9 Å². The highest BCUT2D eigenvalue weighted by Gasteiger charge is 2.28. The minimum absolute atomic E-state index is 0.0351. The fraction of sp³-hybridized carbons (Fsp3) is 0.533. The van der Waals surface area contributed by atoms with E-state index in [0.717, 1.165) is 17.7 Å². The molecule has 2 N–H and O–H groups in total. The molecule has 5 nitrogen and oxygen atoms in total. The molecule has 1 unspecified atom stereocenters. The summed E-state index contributed by atoms with van der Waals surface area (Å²) in [5.41, 5.74) is 7.52. The molecular formula is C15H22N2O3. The summed E-state index contributed by atoms with van der Waals surface area (Å²) in [6, 6.07) is 7.76. The number of amides is 1. The molecule has 1 heterocycles. The highest BCUT2D eigenvalue weighted by molar-refractivity contribution is 5.96. The average Bonchev–Trinajstić information content (AvgIpc) is 2.53. The van der Waals surface area contributed by atoms with E-state index in [1.807, 2.05) is 31.2 Å². The topological polar surface area (TPSA) is 64.8 Å². The molecule has 0 aromatic heterocycles. The van der Waals surface area contributed by atoms with E-state index in [2.05, 4.69) is 0 Å². The van der Waals surface area contributed by atoms with Gasteiger partial charge in [0.2, 0.25) is 0 Å². The van der Waals surface area contributed by atoms with Crippen LogP contribution in [0, 0.1) is 0 Å². The van der Waals surface area contributed by atoms with Crippen molar-refractivity contribution in [2.75, 3.05) is 31.3 Å². The second kappa shape index (κ2) is 7.38. The van der Waals surface area contributed by atoms with Gasteiger partial charge in [0.25, 0.3) is 5.91 Å². The van der Waals surface area contributed by atoms with Crippen LogP contribution in [0.25, 0.3) is 0 Å². The number of benzene rings is 1. The van der Waals surface area contributed by atoms with Crippen LogP contribution in [0.5, 0.6) is 0 Å². The van der Waals surface area contributed by atoms with Crippen LogP contribution in [0.3, 0.4) is 0 Å². The van der Waals surface area contributed by atoms with Gasteiger partial charge < -0.3 is 20.1 Å². The van der Waals surface area contributed by atoms with E-state index < -0.39 is 6.10 Å². The Balaban J connectivity index is 2.13. The maximum Gasteiger partial charge on any atom is 0.258 e. The Morgan fingerprint density at radius 2 is 2.10 bits per heavy atom. The molecule has 110 valence electrons. The monoisotopic (exact) mass is 278 g/mol. The van der Waals surface area contributed by atoms with E-state index in [4.69, 9.17) is 15.2 Å². The third kappa shape index (κ3) is 3.56. The molecule has 1 aliphatic heterocycles. The van der Waals surface area contributed by atoms with Crippen LogP contribution in [-0.4, -0.2) is 38.4 Å². The third-order valence-corrected chi connectivity index (χ3v) is 3.29. The fourth-order valence-electron chi connectivity index (χ4n) is 2.21. The number of ether oxygens (including phenoxy) is 2. The largest absolute Gasteiger partial charge is 0.376 e. The molecule has 1 atom stereocenters. The second-order valence-corrected chi connectivity index (χ2v) is 4.79. The summed E-state index contributed by atoms with van der Waals surface area (Å²) in [7, 11) is 0. The number of nitrogens with two attached hydrogens (primary N) is 1. The van der Waals surface area contributed by atoms with Crippen molar-refractivity contribution in [1.82, 2.24) is 0 Å². The molecule has 0 radical (unpaired) electrons. The summed E-state index contributed by atoms with van der Waals surface area (Å²) in [4.78, 5) is 14.3. The van der Waals surface area contributed by atoms with Gasteiger partial charge in [-0.3, -0.25) is 4.79 Å². The van der Waals surface area contributed by atoms with Crippen molar-refractivity contribution in [1.29, 1.82) is 0 Å². The highest BCUT2D eigenvalue weighted by atomic mass is 16.6. The van der Waals surface area contributed by atoms with Crippen molar-refractivity contribution in [3.63, 3.8) is 0 Å². The zero-order valence-electron chi connectivity index (χ0n) is 11.9. The minimum Gasteiger partial charge on any atom is -0.376 e. The van der Waals surface area contributed by atoms with Gasteiger partial charge >= 0.3 is 0 Å². The SMILES string of the molecule is CCCN(C(=O)C1COCCO1)c1ccc(CN)cc1. The summed E-state index contributed by atoms with van der Waals surface area (Å²) in [5.74, 6) is -0.0351. The number of anilines is 1. The zero-order valence-corrected chi connectivity index (χ0v) is 11.9. The predicted octanol–water partition coefficient (Wildman–Crippen LogP) is 1.30. The fourth-order valence-corrected chi connectivity index (χ4v) is 2.21. The number of rotatable bonds is 5. The summed E-state index contributed by atoms with van der Waals surface area (Å²) >= 11 is 0. The lowest BCUT2D eigenvalue weighted by atomic mass is 10.1. The Morgan fingerprint density at radius 1 is 1.35 bits per heavy atom. The highest BCUT2D eigenvalue weighted by Crippen LogP contribution is 2.18. The normalized spacial score (nSPS) is 18.8. The molecular weight excluding hydrogens is 256 g/mol. The summed E-state index contributed by atoms with van der Waals surface area (Å²) in [6.07, 6.45) is 0.391. The van der Waals surface area contributed by atoms with E-state index >= 15 is 0 Å². The lowest BCUT2D eigenvalue weighted by molar-refractivity contribution is -0.144. The van der Waals surface area contributed by atoms with E-state index in [1.165, 1.54) is 0 Å².